The van der Waals surface area contributed by atoms with Crippen LogP contribution in [0.3, 0.4) is 0 Å². The van der Waals surface area contributed by atoms with Gasteiger partial charge in [-0.15, -0.1) is 0 Å². The molecule has 0 aromatic heterocycles. The second kappa shape index (κ2) is 5.35. The standard InChI is InChI=1S/C8H8O2.C2H6/c1-6-4-2-3-5-7(6)8(9)10;1-2/h2-5H,1H3,(H,9,10);1-2H3. The molecule has 2 heteroatoms. The first kappa shape index (κ1) is 10.7. The van der Waals surface area contributed by atoms with Crippen molar-refractivity contribution in [1.29, 1.82) is 0 Å². The smallest absolute Gasteiger partial charge is 0.335 e. The lowest BCUT2D eigenvalue weighted by Gasteiger charge is -1.96. The van der Waals surface area contributed by atoms with E-state index in [4.69, 9.17) is 5.11 Å². The molecule has 0 atom stereocenters. The van der Waals surface area contributed by atoms with Crippen molar-refractivity contribution in [3.8, 4) is 0 Å². The first-order valence-electron chi connectivity index (χ1n) is 4.01. The molecule has 0 fully saturated rings. The fourth-order valence-electron chi connectivity index (χ4n) is 0.813. The number of hydrogen-bond donors (Lipinski definition) is 1. The van der Waals surface area contributed by atoms with Gasteiger partial charge in [-0.1, -0.05) is 32.0 Å². The van der Waals surface area contributed by atoms with E-state index in [2.05, 4.69) is 0 Å². The lowest BCUT2D eigenvalue weighted by molar-refractivity contribution is 0.0696. The van der Waals surface area contributed by atoms with Crippen molar-refractivity contribution in [1.82, 2.24) is 0 Å². The van der Waals surface area contributed by atoms with Crippen LogP contribution in [-0.2, 0) is 0 Å². The molecule has 2 nitrogen and oxygen atoms in total. The van der Waals surface area contributed by atoms with Crippen LogP contribution in [0.1, 0.15) is 29.8 Å². The van der Waals surface area contributed by atoms with Gasteiger partial charge >= 0.3 is 5.97 Å². The van der Waals surface area contributed by atoms with Crippen LogP contribution in [0.25, 0.3) is 0 Å². The fraction of sp³-hybridized carbons (Fsp3) is 0.300. The zero-order valence-corrected chi connectivity index (χ0v) is 7.66. The van der Waals surface area contributed by atoms with Gasteiger partial charge in [0.1, 0.15) is 0 Å². The Morgan fingerprint density at radius 1 is 1.25 bits per heavy atom. The van der Waals surface area contributed by atoms with E-state index in [0.717, 1.165) is 5.56 Å². The topological polar surface area (TPSA) is 37.3 Å². The summed E-state index contributed by atoms with van der Waals surface area (Å²) in [5.41, 5.74) is 1.18. The minimum Gasteiger partial charge on any atom is -0.478 e. The Bertz CT molecular complexity index is 254. The maximum Gasteiger partial charge on any atom is 0.335 e. The first-order chi connectivity index (χ1) is 5.72. The van der Waals surface area contributed by atoms with Gasteiger partial charge in [-0.25, -0.2) is 4.79 Å². The molecule has 0 aliphatic rings. The molecular weight excluding hydrogens is 152 g/mol. The molecule has 0 radical (unpaired) electrons. The number of rotatable bonds is 1. The number of aryl methyl sites for hydroxylation is 1. The van der Waals surface area contributed by atoms with Gasteiger partial charge in [-0.3, -0.25) is 0 Å². The van der Waals surface area contributed by atoms with Crippen molar-refractivity contribution in [2.24, 2.45) is 0 Å². The normalized spacial score (nSPS) is 8.25. The third-order valence-electron chi connectivity index (χ3n) is 1.38. The Labute approximate surface area is 72.9 Å². The number of carboxylic acid groups (broad SMARTS) is 1. The van der Waals surface area contributed by atoms with Crippen molar-refractivity contribution in [3.05, 3.63) is 35.4 Å². The minimum absolute atomic E-state index is 0.377. The molecule has 0 bridgehead atoms. The summed E-state index contributed by atoms with van der Waals surface area (Å²) >= 11 is 0. The van der Waals surface area contributed by atoms with Gasteiger partial charge in [-0.2, -0.15) is 0 Å². The van der Waals surface area contributed by atoms with Crippen LogP contribution < -0.4 is 0 Å². The van der Waals surface area contributed by atoms with E-state index in [1.54, 1.807) is 25.1 Å². The highest BCUT2D eigenvalue weighted by Gasteiger charge is 2.02. The number of hydrogen-bond acceptors (Lipinski definition) is 1. The van der Waals surface area contributed by atoms with Gasteiger partial charge in [0.05, 0.1) is 5.56 Å². The van der Waals surface area contributed by atoms with Gasteiger partial charge < -0.3 is 5.11 Å². The quantitative estimate of drug-likeness (QED) is 0.696. The van der Waals surface area contributed by atoms with Crippen LogP contribution in [0, 0.1) is 6.92 Å². The molecule has 0 amide bonds. The van der Waals surface area contributed by atoms with Gasteiger partial charge in [0, 0.05) is 0 Å². The molecule has 0 unspecified atom stereocenters. The van der Waals surface area contributed by atoms with Gasteiger partial charge in [0.15, 0.2) is 0 Å². The summed E-state index contributed by atoms with van der Waals surface area (Å²) in [6.07, 6.45) is 0. The maximum atomic E-state index is 10.4. The minimum atomic E-state index is -0.863. The largest absolute Gasteiger partial charge is 0.478 e. The van der Waals surface area contributed by atoms with E-state index in [-0.39, 0.29) is 0 Å². The first-order valence-corrected chi connectivity index (χ1v) is 4.01. The number of benzene rings is 1. The highest BCUT2D eigenvalue weighted by molar-refractivity contribution is 5.89. The average Bonchev–Trinajstić information content (AvgIpc) is 2.08. The van der Waals surface area contributed by atoms with E-state index in [1.165, 1.54) is 0 Å². The van der Waals surface area contributed by atoms with Gasteiger partial charge in [-0.05, 0) is 18.6 Å². The predicted molar refractivity (Wildman–Crippen MR) is 49.5 cm³/mol. The van der Waals surface area contributed by atoms with Crippen LogP contribution in [0.4, 0.5) is 0 Å². The zero-order valence-electron chi connectivity index (χ0n) is 7.66. The molecule has 1 aromatic rings. The molecule has 66 valence electrons. The summed E-state index contributed by atoms with van der Waals surface area (Å²) < 4.78 is 0. The Morgan fingerprint density at radius 3 is 2.08 bits per heavy atom. The summed E-state index contributed by atoms with van der Waals surface area (Å²) in [5.74, 6) is -0.863. The van der Waals surface area contributed by atoms with E-state index in [9.17, 15) is 4.79 Å². The summed E-state index contributed by atoms with van der Waals surface area (Å²) in [7, 11) is 0. The molecular formula is C10H14O2. The molecule has 12 heavy (non-hydrogen) atoms. The second-order valence-corrected chi connectivity index (χ2v) is 2.12. The number of carbonyl (C=O) groups is 1. The summed E-state index contributed by atoms with van der Waals surface area (Å²) in [6.45, 7) is 5.78. The number of aromatic carboxylic acids is 1. The molecule has 0 saturated carbocycles. The molecule has 1 N–H and O–H groups in total. The SMILES string of the molecule is CC.Cc1ccccc1C(=O)O. The van der Waals surface area contributed by atoms with Crippen LogP contribution in [0.2, 0.25) is 0 Å². The molecule has 0 aliphatic carbocycles. The Hall–Kier alpha value is -1.31. The van der Waals surface area contributed by atoms with E-state index < -0.39 is 5.97 Å². The average molecular weight is 166 g/mol. The maximum absolute atomic E-state index is 10.4. The molecule has 1 rings (SSSR count). The van der Waals surface area contributed by atoms with E-state index in [1.807, 2.05) is 19.9 Å². The van der Waals surface area contributed by atoms with Crippen LogP contribution in [0.5, 0.6) is 0 Å². The van der Waals surface area contributed by atoms with Crippen LogP contribution >= 0.6 is 0 Å². The highest BCUT2D eigenvalue weighted by Crippen LogP contribution is 2.05. The molecule has 0 spiro atoms. The van der Waals surface area contributed by atoms with Gasteiger partial charge in [0.2, 0.25) is 0 Å². The van der Waals surface area contributed by atoms with Crippen LogP contribution in [-0.4, -0.2) is 11.1 Å². The zero-order chi connectivity index (χ0) is 9.56. The molecule has 0 aliphatic heterocycles. The van der Waals surface area contributed by atoms with Crippen molar-refractivity contribution < 1.29 is 9.90 Å². The molecule has 0 heterocycles. The number of carboxylic acids is 1. The predicted octanol–water partition coefficient (Wildman–Crippen LogP) is 2.72. The summed E-state index contributed by atoms with van der Waals surface area (Å²) in [4.78, 5) is 10.4. The second-order valence-electron chi connectivity index (χ2n) is 2.12. The highest BCUT2D eigenvalue weighted by atomic mass is 16.4. The van der Waals surface area contributed by atoms with Crippen molar-refractivity contribution in [2.45, 2.75) is 20.8 Å². The monoisotopic (exact) mass is 166 g/mol. The van der Waals surface area contributed by atoms with Crippen LogP contribution in [0.15, 0.2) is 24.3 Å². The third kappa shape index (κ3) is 2.74. The van der Waals surface area contributed by atoms with E-state index >= 15 is 0 Å². The Morgan fingerprint density at radius 2 is 1.75 bits per heavy atom. The molecule has 1 aromatic carbocycles. The Balaban J connectivity index is 0.000000561. The van der Waals surface area contributed by atoms with Crippen molar-refractivity contribution >= 4 is 5.97 Å². The molecule has 0 saturated heterocycles. The third-order valence-corrected chi connectivity index (χ3v) is 1.38. The lowest BCUT2D eigenvalue weighted by atomic mass is 10.1. The Kier molecular flexibility index (Phi) is 4.77. The summed E-state index contributed by atoms with van der Waals surface area (Å²) in [6, 6.07) is 6.92. The van der Waals surface area contributed by atoms with E-state index in [0.29, 0.717) is 5.56 Å². The van der Waals surface area contributed by atoms with Gasteiger partial charge in [0.25, 0.3) is 0 Å². The fourth-order valence-corrected chi connectivity index (χ4v) is 0.813. The summed E-state index contributed by atoms with van der Waals surface area (Å²) in [5, 5.41) is 8.57. The van der Waals surface area contributed by atoms with Crippen molar-refractivity contribution in [3.63, 3.8) is 0 Å². The van der Waals surface area contributed by atoms with Crippen molar-refractivity contribution in [2.75, 3.05) is 0 Å². The lowest BCUT2D eigenvalue weighted by Crippen LogP contribution is -1.97.